The van der Waals surface area contributed by atoms with Gasteiger partial charge in [-0.15, -0.1) is 0 Å². The van der Waals surface area contributed by atoms with E-state index in [1.54, 1.807) is 12.1 Å². The molecule has 1 aromatic carbocycles. The first-order valence-corrected chi connectivity index (χ1v) is 23.7. The molecule has 314 valence electrons. The lowest BCUT2D eigenvalue weighted by molar-refractivity contribution is 0.0913. The van der Waals surface area contributed by atoms with Crippen molar-refractivity contribution in [3.05, 3.63) is 35.4 Å². The van der Waals surface area contributed by atoms with Crippen LogP contribution < -0.4 is 10.6 Å². The smallest absolute Gasteiger partial charge is 0.252 e. The van der Waals surface area contributed by atoms with Gasteiger partial charge < -0.3 is 20.4 Å². The third-order valence-electron chi connectivity index (χ3n) is 11.2. The van der Waals surface area contributed by atoms with Gasteiger partial charge in [-0.05, 0) is 64.0 Å². The van der Waals surface area contributed by atoms with Crippen LogP contribution in [0.5, 0.6) is 0 Å². The number of hydrogen-bond donors (Lipinski definition) is 2. The van der Waals surface area contributed by atoms with E-state index < -0.39 is 0 Å². The van der Waals surface area contributed by atoms with Crippen LogP contribution in [-0.2, 0) is 0 Å². The van der Waals surface area contributed by atoms with Crippen molar-refractivity contribution in [2.75, 3.05) is 52.4 Å². The molecule has 2 N–H and O–H groups in total. The van der Waals surface area contributed by atoms with Crippen LogP contribution in [0.25, 0.3) is 0 Å². The van der Waals surface area contributed by atoms with E-state index in [0.717, 1.165) is 39.3 Å². The lowest BCUT2D eigenvalue weighted by Gasteiger charge is -2.23. The molecule has 0 aliphatic heterocycles. The van der Waals surface area contributed by atoms with Crippen LogP contribution in [0.4, 0.5) is 0 Å². The van der Waals surface area contributed by atoms with Crippen molar-refractivity contribution < 1.29 is 9.59 Å². The Hall–Kier alpha value is -1.92. The highest BCUT2D eigenvalue weighted by atomic mass is 16.2. The number of carbonyl (C=O) groups excluding carboxylic acids is 2. The molecule has 0 aliphatic carbocycles. The summed E-state index contributed by atoms with van der Waals surface area (Å²) in [4.78, 5) is 32.0. The molecule has 0 aromatic heterocycles. The van der Waals surface area contributed by atoms with E-state index in [1.807, 2.05) is 12.1 Å². The number of nitrogens with zero attached hydrogens (tertiary/aromatic N) is 2. The summed E-state index contributed by atoms with van der Waals surface area (Å²) in [7, 11) is 0. The Morgan fingerprint density at radius 1 is 0.370 bits per heavy atom. The second-order valence-electron chi connectivity index (χ2n) is 16.2. The molecule has 0 radical (unpaired) electrons. The topological polar surface area (TPSA) is 64.7 Å². The minimum atomic E-state index is -0.146. The van der Waals surface area contributed by atoms with Crippen molar-refractivity contribution in [1.29, 1.82) is 0 Å². The van der Waals surface area contributed by atoms with Crippen LogP contribution in [0, 0.1) is 0 Å². The van der Waals surface area contributed by atoms with Crippen molar-refractivity contribution in [3.8, 4) is 0 Å². The van der Waals surface area contributed by atoms with Crippen molar-refractivity contribution in [1.82, 2.24) is 20.4 Å². The minimum Gasteiger partial charge on any atom is -0.351 e. The van der Waals surface area contributed by atoms with Crippen LogP contribution in [0.15, 0.2) is 24.3 Å². The molecule has 0 saturated heterocycles. The molecular formula is C48H90N4O2. The van der Waals surface area contributed by atoms with Crippen molar-refractivity contribution in [2.24, 2.45) is 0 Å². The summed E-state index contributed by atoms with van der Waals surface area (Å²) in [6.07, 6.45) is 36.9. The molecule has 0 aliphatic rings. The van der Waals surface area contributed by atoms with Gasteiger partial charge in [0.05, 0.1) is 11.1 Å². The van der Waals surface area contributed by atoms with Gasteiger partial charge in [-0.3, -0.25) is 9.59 Å². The molecular weight excluding hydrogens is 665 g/mol. The Bertz CT molecular complexity index is 872. The molecule has 6 heteroatoms. The highest BCUT2D eigenvalue weighted by molar-refractivity contribution is 6.07. The molecule has 0 bridgehead atoms. The minimum absolute atomic E-state index is 0.146. The number of rotatable bonds is 40. The van der Waals surface area contributed by atoms with Crippen molar-refractivity contribution in [2.45, 2.75) is 207 Å². The molecule has 0 unspecified atom stereocenters. The summed E-state index contributed by atoms with van der Waals surface area (Å²) in [5, 5.41) is 6.34. The number of hydrogen-bond acceptors (Lipinski definition) is 4. The number of carbonyl (C=O) groups is 2. The molecule has 0 spiro atoms. The number of unbranched alkanes of at least 4 members (excludes halogenated alkanes) is 24. The normalized spacial score (nSPS) is 11.5. The van der Waals surface area contributed by atoms with Gasteiger partial charge in [0.2, 0.25) is 0 Å². The molecule has 6 nitrogen and oxygen atoms in total. The van der Waals surface area contributed by atoms with Crippen LogP contribution in [0.1, 0.15) is 228 Å². The van der Waals surface area contributed by atoms with Crippen LogP contribution in [0.2, 0.25) is 0 Å². The Kier molecular flexibility index (Phi) is 35.2. The molecule has 0 atom stereocenters. The van der Waals surface area contributed by atoms with E-state index in [-0.39, 0.29) is 11.8 Å². The first-order chi connectivity index (χ1) is 26.6. The highest BCUT2D eigenvalue weighted by Gasteiger charge is 2.17. The second-order valence-corrected chi connectivity index (χ2v) is 16.2. The maximum Gasteiger partial charge on any atom is 0.252 e. The number of benzene rings is 1. The zero-order chi connectivity index (χ0) is 39.2. The number of amides is 2. The summed E-state index contributed by atoms with van der Waals surface area (Å²) in [5.41, 5.74) is 0.951. The molecule has 0 fully saturated rings. The molecule has 2 amide bonds. The fourth-order valence-corrected chi connectivity index (χ4v) is 7.57. The third kappa shape index (κ3) is 28.5. The fourth-order valence-electron chi connectivity index (χ4n) is 7.57. The predicted molar refractivity (Wildman–Crippen MR) is 236 cm³/mol. The van der Waals surface area contributed by atoms with Gasteiger partial charge in [-0.25, -0.2) is 0 Å². The van der Waals surface area contributed by atoms with Gasteiger partial charge in [-0.2, -0.15) is 0 Å². The summed E-state index contributed by atoms with van der Waals surface area (Å²) >= 11 is 0. The summed E-state index contributed by atoms with van der Waals surface area (Å²) in [6.45, 7) is 16.5. The van der Waals surface area contributed by atoms with Crippen LogP contribution >= 0.6 is 0 Å². The maximum absolute atomic E-state index is 13.4. The molecule has 0 saturated carbocycles. The van der Waals surface area contributed by atoms with Crippen LogP contribution in [0.3, 0.4) is 0 Å². The molecule has 1 aromatic rings. The Morgan fingerprint density at radius 3 is 0.870 bits per heavy atom. The van der Waals surface area contributed by atoms with E-state index in [4.69, 9.17) is 0 Å². The lowest BCUT2D eigenvalue weighted by Crippen LogP contribution is -2.38. The van der Waals surface area contributed by atoms with Gasteiger partial charge in [0.25, 0.3) is 11.8 Å². The Balaban J connectivity index is 2.63. The van der Waals surface area contributed by atoms with Gasteiger partial charge in [0, 0.05) is 26.2 Å². The Labute approximate surface area is 336 Å². The quantitative estimate of drug-likeness (QED) is 0.0655. The first-order valence-electron chi connectivity index (χ1n) is 23.7. The van der Waals surface area contributed by atoms with Gasteiger partial charge >= 0.3 is 0 Å². The SMILES string of the molecule is CCCCCCCCCN(CCCCCCCCC)CCNC(=O)c1ccccc1C(=O)NCCN(CCCCCCCCC)CCCCCCCCC. The molecule has 0 heterocycles. The van der Waals surface area contributed by atoms with E-state index in [2.05, 4.69) is 48.1 Å². The van der Waals surface area contributed by atoms with E-state index >= 15 is 0 Å². The zero-order valence-corrected chi connectivity index (χ0v) is 36.5. The number of nitrogens with one attached hydrogen (secondary N) is 2. The van der Waals surface area contributed by atoms with Crippen LogP contribution in [-0.4, -0.2) is 74.0 Å². The summed E-state index contributed by atoms with van der Waals surface area (Å²) in [5.74, 6) is -0.293. The fraction of sp³-hybridized carbons (Fsp3) is 0.833. The molecule has 1 rings (SSSR count). The largest absolute Gasteiger partial charge is 0.351 e. The van der Waals surface area contributed by atoms with E-state index in [1.165, 1.54) is 180 Å². The zero-order valence-electron chi connectivity index (χ0n) is 36.5. The third-order valence-corrected chi connectivity index (χ3v) is 11.2. The van der Waals surface area contributed by atoms with E-state index in [9.17, 15) is 9.59 Å². The maximum atomic E-state index is 13.4. The highest BCUT2D eigenvalue weighted by Crippen LogP contribution is 2.13. The Morgan fingerprint density at radius 2 is 0.611 bits per heavy atom. The summed E-state index contributed by atoms with van der Waals surface area (Å²) < 4.78 is 0. The van der Waals surface area contributed by atoms with Gasteiger partial charge in [-0.1, -0.05) is 194 Å². The van der Waals surface area contributed by atoms with E-state index in [0.29, 0.717) is 24.2 Å². The average molecular weight is 755 g/mol. The monoisotopic (exact) mass is 755 g/mol. The van der Waals surface area contributed by atoms with Gasteiger partial charge in [0.15, 0.2) is 0 Å². The lowest BCUT2D eigenvalue weighted by atomic mass is 10.1. The first kappa shape index (κ1) is 50.1. The second kappa shape index (κ2) is 38.0. The van der Waals surface area contributed by atoms with Crippen molar-refractivity contribution in [3.63, 3.8) is 0 Å². The average Bonchev–Trinajstić information content (AvgIpc) is 3.18. The standard InChI is InChI=1S/C48H90N4O2/c1-5-9-13-17-21-25-31-39-51(40-32-26-22-18-14-10-6-2)43-37-49-47(53)45-35-29-30-36-46(45)48(54)50-38-44-52(41-33-27-23-19-15-11-7-3)42-34-28-24-20-16-12-8-4/h29-30,35-36H,5-28,31-34,37-44H2,1-4H3,(H,49,53)(H,50,54). The summed E-state index contributed by atoms with van der Waals surface area (Å²) in [6, 6.07) is 7.33. The van der Waals surface area contributed by atoms with Gasteiger partial charge in [0.1, 0.15) is 0 Å². The predicted octanol–water partition coefficient (Wildman–Crippen LogP) is 12.8. The van der Waals surface area contributed by atoms with Crippen molar-refractivity contribution >= 4 is 11.8 Å². The molecule has 54 heavy (non-hydrogen) atoms.